The van der Waals surface area contributed by atoms with Crippen LogP contribution in [0.5, 0.6) is 0 Å². The summed E-state index contributed by atoms with van der Waals surface area (Å²) in [4.78, 5) is 11.4. The van der Waals surface area contributed by atoms with Gasteiger partial charge in [-0.05, 0) is 30.5 Å². The lowest BCUT2D eigenvalue weighted by Crippen LogP contribution is -2.35. The van der Waals surface area contributed by atoms with Gasteiger partial charge in [0.15, 0.2) is 0 Å². The third kappa shape index (κ3) is 5.41. The molecule has 0 spiro atoms. The zero-order chi connectivity index (χ0) is 17.8. The first-order chi connectivity index (χ1) is 10.6. The summed E-state index contributed by atoms with van der Waals surface area (Å²) in [6.45, 7) is 4.10. The second kappa shape index (κ2) is 9.31. The van der Waals surface area contributed by atoms with Gasteiger partial charge in [0.25, 0.3) is 0 Å². The summed E-state index contributed by atoms with van der Waals surface area (Å²) in [5.41, 5.74) is 5.59. The van der Waals surface area contributed by atoms with Gasteiger partial charge in [-0.2, -0.15) is 0 Å². The van der Waals surface area contributed by atoms with Crippen LogP contribution in [0.2, 0.25) is 0 Å². The van der Waals surface area contributed by atoms with Crippen LogP contribution in [0.4, 0.5) is 4.39 Å². The van der Waals surface area contributed by atoms with E-state index in [9.17, 15) is 17.6 Å². The Labute approximate surface area is 148 Å². The van der Waals surface area contributed by atoms with E-state index in [0.717, 1.165) is 29.6 Å². The number of hydrogen-bond acceptors (Lipinski definition) is 5. The van der Waals surface area contributed by atoms with Crippen molar-refractivity contribution in [1.29, 1.82) is 0 Å². The van der Waals surface area contributed by atoms with Crippen molar-refractivity contribution in [3.05, 3.63) is 29.6 Å². The third-order valence-electron chi connectivity index (χ3n) is 3.67. The Hall–Kier alpha value is -1.22. The standard InChI is InChI=1S/C15H23FN2O4S.ClH/c1-10(2)13(17)7-8-18(3)23(20,21)14-6-5-11(16)9-12(14)15(19)22-4;/h5-6,9-10,13H,7-8,17H2,1-4H3;1H. The summed E-state index contributed by atoms with van der Waals surface area (Å²) in [5.74, 6) is -1.40. The molecule has 9 heteroatoms. The highest BCUT2D eigenvalue weighted by Gasteiger charge is 2.28. The van der Waals surface area contributed by atoms with Crippen molar-refractivity contribution < 1.29 is 22.3 Å². The number of esters is 1. The molecule has 1 aromatic carbocycles. The SMILES string of the molecule is COC(=O)c1cc(F)ccc1S(=O)(=O)N(C)CCC(N)C(C)C.Cl. The molecule has 6 nitrogen and oxygen atoms in total. The molecule has 1 atom stereocenters. The smallest absolute Gasteiger partial charge is 0.339 e. The Bertz CT molecular complexity index is 667. The highest BCUT2D eigenvalue weighted by atomic mass is 35.5. The van der Waals surface area contributed by atoms with Crippen molar-refractivity contribution in [3.8, 4) is 0 Å². The molecule has 0 saturated heterocycles. The van der Waals surface area contributed by atoms with Crippen LogP contribution in [0, 0.1) is 11.7 Å². The van der Waals surface area contributed by atoms with Crippen molar-refractivity contribution in [3.63, 3.8) is 0 Å². The van der Waals surface area contributed by atoms with Gasteiger partial charge >= 0.3 is 5.97 Å². The first-order valence-corrected chi connectivity index (χ1v) is 8.65. The fourth-order valence-corrected chi connectivity index (χ4v) is 3.29. The van der Waals surface area contributed by atoms with E-state index in [1.165, 1.54) is 7.05 Å². The molecule has 0 fully saturated rings. The van der Waals surface area contributed by atoms with Crippen LogP contribution < -0.4 is 5.73 Å². The van der Waals surface area contributed by atoms with Crippen LogP contribution in [0.3, 0.4) is 0 Å². The lowest BCUT2D eigenvalue weighted by atomic mass is 10.0. The second-order valence-electron chi connectivity index (χ2n) is 5.66. The minimum atomic E-state index is -3.95. The first kappa shape index (κ1) is 22.8. The van der Waals surface area contributed by atoms with Crippen molar-refractivity contribution in [2.75, 3.05) is 20.7 Å². The third-order valence-corrected chi connectivity index (χ3v) is 5.58. The molecule has 0 aliphatic rings. The monoisotopic (exact) mass is 382 g/mol. The molecule has 1 rings (SSSR count). The average Bonchev–Trinajstić information content (AvgIpc) is 2.50. The maximum atomic E-state index is 13.3. The molecule has 1 unspecified atom stereocenters. The molecule has 2 N–H and O–H groups in total. The molecule has 0 saturated carbocycles. The molecule has 0 aliphatic carbocycles. The Morgan fingerprint density at radius 2 is 1.96 bits per heavy atom. The molecule has 1 aromatic rings. The Balaban J connectivity index is 0.00000529. The van der Waals surface area contributed by atoms with E-state index in [2.05, 4.69) is 4.74 Å². The van der Waals surface area contributed by atoms with Crippen LogP contribution in [0.15, 0.2) is 23.1 Å². The number of hydrogen-bond donors (Lipinski definition) is 1. The van der Waals surface area contributed by atoms with Gasteiger partial charge in [0.1, 0.15) is 5.82 Å². The Morgan fingerprint density at radius 3 is 2.46 bits per heavy atom. The number of carbonyl (C=O) groups is 1. The molecule has 0 radical (unpaired) electrons. The summed E-state index contributed by atoms with van der Waals surface area (Å²) < 4.78 is 44.2. The molecule has 0 amide bonds. The maximum Gasteiger partial charge on any atom is 0.339 e. The van der Waals surface area contributed by atoms with Crippen molar-refractivity contribution in [2.24, 2.45) is 11.7 Å². The van der Waals surface area contributed by atoms with E-state index in [1.807, 2.05) is 13.8 Å². The number of halogens is 2. The predicted molar refractivity (Wildman–Crippen MR) is 92.2 cm³/mol. The number of nitrogens with zero attached hydrogens (tertiary/aromatic N) is 1. The van der Waals surface area contributed by atoms with E-state index in [-0.39, 0.29) is 41.4 Å². The second-order valence-corrected chi connectivity index (χ2v) is 7.67. The minimum Gasteiger partial charge on any atom is -0.465 e. The molecule has 0 heterocycles. The van der Waals surface area contributed by atoms with E-state index < -0.39 is 21.8 Å². The van der Waals surface area contributed by atoms with Crippen LogP contribution in [-0.4, -0.2) is 45.4 Å². The fourth-order valence-electron chi connectivity index (χ4n) is 1.95. The summed E-state index contributed by atoms with van der Waals surface area (Å²) in [7, 11) is -1.45. The van der Waals surface area contributed by atoms with Crippen LogP contribution >= 0.6 is 12.4 Å². The van der Waals surface area contributed by atoms with Crippen LogP contribution in [-0.2, 0) is 14.8 Å². The van der Waals surface area contributed by atoms with Gasteiger partial charge < -0.3 is 10.5 Å². The lowest BCUT2D eigenvalue weighted by Gasteiger charge is -2.22. The number of methoxy groups -OCH3 is 1. The summed E-state index contributed by atoms with van der Waals surface area (Å²) >= 11 is 0. The Kier molecular flexibility index (Phi) is 8.84. The van der Waals surface area contributed by atoms with Gasteiger partial charge in [-0.25, -0.2) is 21.9 Å². The number of ether oxygens (including phenoxy) is 1. The summed E-state index contributed by atoms with van der Waals surface area (Å²) in [6.07, 6.45) is 0.474. The van der Waals surface area contributed by atoms with Crippen LogP contribution in [0.1, 0.15) is 30.6 Å². The predicted octanol–water partition coefficient (Wildman–Crippen LogP) is 2.03. The van der Waals surface area contributed by atoms with Crippen molar-refractivity contribution in [2.45, 2.75) is 31.2 Å². The highest BCUT2D eigenvalue weighted by molar-refractivity contribution is 7.89. The van der Waals surface area contributed by atoms with Gasteiger partial charge in [-0.3, -0.25) is 0 Å². The number of sulfonamides is 1. The zero-order valence-corrected chi connectivity index (χ0v) is 15.8. The molecule has 0 aromatic heterocycles. The van der Waals surface area contributed by atoms with Gasteiger partial charge in [0.05, 0.1) is 17.6 Å². The average molecular weight is 383 g/mol. The molecule has 24 heavy (non-hydrogen) atoms. The molecule has 0 aliphatic heterocycles. The first-order valence-electron chi connectivity index (χ1n) is 7.21. The highest BCUT2D eigenvalue weighted by Crippen LogP contribution is 2.22. The lowest BCUT2D eigenvalue weighted by molar-refractivity contribution is 0.0595. The molecule has 138 valence electrons. The van der Waals surface area contributed by atoms with E-state index in [4.69, 9.17) is 5.73 Å². The normalized spacial score (nSPS) is 12.8. The van der Waals surface area contributed by atoms with Crippen molar-refractivity contribution >= 4 is 28.4 Å². The fraction of sp³-hybridized carbons (Fsp3) is 0.533. The largest absolute Gasteiger partial charge is 0.465 e. The number of rotatable bonds is 7. The van der Waals surface area contributed by atoms with Crippen LogP contribution in [0.25, 0.3) is 0 Å². The van der Waals surface area contributed by atoms with Gasteiger partial charge in [-0.15, -0.1) is 12.4 Å². The zero-order valence-electron chi connectivity index (χ0n) is 14.2. The van der Waals surface area contributed by atoms with Crippen molar-refractivity contribution in [1.82, 2.24) is 4.31 Å². The van der Waals surface area contributed by atoms with E-state index in [1.54, 1.807) is 0 Å². The summed E-state index contributed by atoms with van der Waals surface area (Å²) in [6, 6.07) is 2.77. The topological polar surface area (TPSA) is 89.7 Å². The maximum absolute atomic E-state index is 13.3. The number of carbonyl (C=O) groups excluding carboxylic acids is 1. The molecular formula is C15H24ClFN2O4S. The number of benzene rings is 1. The van der Waals surface area contributed by atoms with E-state index >= 15 is 0 Å². The number of nitrogens with two attached hydrogens (primary N) is 1. The van der Waals surface area contributed by atoms with Gasteiger partial charge in [0, 0.05) is 19.6 Å². The molecule has 0 bridgehead atoms. The Morgan fingerprint density at radius 1 is 1.38 bits per heavy atom. The van der Waals surface area contributed by atoms with E-state index in [0.29, 0.717) is 6.42 Å². The molecular weight excluding hydrogens is 359 g/mol. The minimum absolute atomic E-state index is 0. The van der Waals surface area contributed by atoms with Gasteiger partial charge in [0.2, 0.25) is 10.0 Å². The quantitative estimate of drug-likeness (QED) is 0.729. The summed E-state index contributed by atoms with van der Waals surface area (Å²) in [5, 5.41) is 0. The van der Waals surface area contributed by atoms with Gasteiger partial charge in [-0.1, -0.05) is 13.8 Å².